The average Bonchev–Trinajstić information content (AvgIpc) is 2.28. The molecule has 1 atom stereocenters. The summed E-state index contributed by atoms with van der Waals surface area (Å²) in [5.41, 5.74) is -0.656. The van der Waals surface area contributed by atoms with Crippen LogP contribution in [0.1, 0.15) is 47.5 Å². The standard InChI is InChI=1S/C14H25NO6/c1-9(2)11(15-13(19)21-14(3,4)5)12(18)20-8-6-7-10(16)17/h9,11H,6-8H2,1-5H3,(H,15,19)(H,16,17)/t11-/m1/s1. The van der Waals surface area contributed by atoms with Crippen LogP contribution in [-0.4, -0.2) is 41.4 Å². The number of amides is 1. The van der Waals surface area contributed by atoms with Crippen LogP contribution >= 0.6 is 0 Å². The molecule has 7 heteroatoms. The van der Waals surface area contributed by atoms with Gasteiger partial charge < -0.3 is 19.9 Å². The molecule has 0 bridgehead atoms. The molecule has 0 aromatic carbocycles. The molecule has 7 nitrogen and oxygen atoms in total. The molecule has 0 radical (unpaired) electrons. The summed E-state index contributed by atoms with van der Waals surface area (Å²) in [5, 5.41) is 11.0. The first-order valence-corrected chi connectivity index (χ1v) is 6.91. The van der Waals surface area contributed by atoms with Crippen molar-refractivity contribution < 1.29 is 29.0 Å². The molecule has 0 saturated heterocycles. The van der Waals surface area contributed by atoms with Crippen LogP contribution in [-0.2, 0) is 19.1 Å². The molecule has 0 aromatic heterocycles. The van der Waals surface area contributed by atoms with E-state index in [0.29, 0.717) is 0 Å². The van der Waals surface area contributed by atoms with Gasteiger partial charge in [-0.05, 0) is 33.1 Å². The zero-order valence-electron chi connectivity index (χ0n) is 13.3. The van der Waals surface area contributed by atoms with Crippen molar-refractivity contribution in [2.75, 3.05) is 6.61 Å². The topological polar surface area (TPSA) is 102 Å². The smallest absolute Gasteiger partial charge is 0.408 e. The summed E-state index contributed by atoms with van der Waals surface area (Å²) < 4.78 is 10.1. The van der Waals surface area contributed by atoms with Gasteiger partial charge in [0.05, 0.1) is 6.61 Å². The van der Waals surface area contributed by atoms with E-state index in [1.165, 1.54) is 0 Å². The minimum Gasteiger partial charge on any atom is -0.481 e. The van der Waals surface area contributed by atoms with E-state index in [9.17, 15) is 14.4 Å². The first-order valence-electron chi connectivity index (χ1n) is 6.91. The lowest BCUT2D eigenvalue weighted by Gasteiger charge is -2.24. The van der Waals surface area contributed by atoms with E-state index in [0.717, 1.165) is 0 Å². The number of nitrogens with one attached hydrogen (secondary N) is 1. The number of hydrogen-bond donors (Lipinski definition) is 2. The highest BCUT2D eigenvalue weighted by atomic mass is 16.6. The summed E-state index contributed by atoms with van der Waals surface area (Å²) in [6, 6.07) is -0.829. The van der Waals surface area contributed by atoms with Crippen molar-refractivity contribution in [2.45, 2.75) is 59.1 Å². The van der Waals surface area contributed by atoms with E-state index in [4.69, 9.17) is 14.6 Å². The van der Waals surface area contributed by atoms with Crippen molar-refractivity contribution in [1.82, 2.24) is 5.32 Å². The molecule has 21 heavy (non-hydrogen) atoms. The molecule has 0 fully saturated rings. The number of rotatable bonds is 7. The lowest BCUT2D eigenvalue weighted by Crippen LogP contribution is -2.47. The Morgan fingerprint density at radius 1 is 1.19 bits per heavy atom. The van der Waals surface area contributed by atoms with Gasteiger partial charge in [0.15, 0.2) is 0 Å². The fourth-order valence-electron chi connectivity index (χ4n) is 1.42. The fourth-order valence-corrected chi connectivity index (χ4v) is 1.42. The number of carboxylic acids is 1. The summed E-state index contributed by atoms with van der Waals surface area (Å²) in [6.45, 7) is 8.70. The Morgan fingerprint density at radius 3 is 2.19 bits per heavy atom. The molecule has 1 amide bonds. The molecule has 0 saturated carbocycles. The second kappa shape index (κ2) is 8.49. The minimum atomic E-state index is -0.946. The number of ether oxygens (including phenoxy) is 2. The predicted octanol–water partition coefficient (Wildman–Crippen LogP) is 1.94. The molecule has 122 valence electrons. The Hall–Kier alpha value is -1.79. The Morgan fingerprint density at radius 2 is 1.76 bits per heavy atom. The zero-order chi connectivity index (χ0) is 16.6. The Labute approximate surface area is 125 Å². The van der Waals surface area contributed by atoms with Gasteiger partial charge in [-0.25, -0.2) is 9.59 Å². The lowest BCUT2D eigenvalue weighted by atomic mass is 10.1. The molecular formula is C14H25NO6. The summed E-state index contributed by atoms with van der Waals surface area (Å²) in [4.78, 5) is 33.9. The Kier molecular flexibility index (Phi) is 7.76. The molecule has 0 aliphatic rings. The molecule has 0 aromatic rings. The van der Waals surface area contributed by atoms with Gasteiger partial charge in [0, 0.05) is 6.42 Å². The second-order valence-corrected chi connectivity index (χ2v) is 6.03. The van der Waals surface area contributed by atoms with E-state index in [1.54, 1.807) is 34.6 Å². The summed E-state index contributed by atoms with van der Waals surface area (Å²) in [7, 11) is 0. The van der Waals surface area contributed by atoms with Crippen LogP contribution in [0.25, 0.3) is 0 Å². The molecule has 0 spiro atoms. The zero-order valence-corrected chi connectivity index (χ0v) is 13.3. The Balaban J connectivity index is 4.37. The largest absolute Gasteiger partial charge is 0.481 e. The third-order valence-electron chi connectivity index (χ3n) is 2.37. The number of carbonyl (C=O) groups excluding carboxylic acids is 2. The van der Waals surface area contributed by atoms with E-state index in [2.05, 4.69) is 5.32 Å². The molecule has 0 heterocycles. The summed E-state index contributed by atoms with van der Waals surface area (Å²) in [5.74, 6) is -1.72. The lowest BCUT2D eigenvalue weighted by molar-refractivity contribution is -0.148. The van der Waals surface area contributed by atoms with Gasteiger partial charge in [-0.15, -0.1) is 0 Å². The van der Waals surface area contributed by atoms with Crippen molar-refractivity contribution in [3.05, 3.63) is 0 Å². The number of carboxylic acid groups (broad SMARTS) is 1. The van der Waals surface area contributed by atoms with E-state index < -0.39 is 29.7 Å². The van der Waals surface area contributed by atoms with Crippen molar-refractivity contribution in [1.29, 1.82) is 0 Å². The molecule has 2 N–H and O–H groups in total. The van der Waals surface area contributed by atoms with Gasteiger partial charge in [-0.1, -0.05) is 13.8 Å². The SMILES string of the molecule is CC(C)[C@@H](NC(=O)OC(C)(C)C)C(=O)OCCCC(=O)O. The summed E-state index contributed by atoms with van der Waals surface area (Å²) in [6.07, 6.45) is -0.527. The van der Waals surface area contributed by atoms with Gasteiger partial charge in [-0.3, -0.25) is 4.79 Å². The quantitative estimate of drug-likeness (QED) is 0.550. The fraction of sp³-hybridized carbons (Fsp3) is 0.786. The highest BCUT2D eigenvalue weighted by molar-refractivity contribution is 5.81. The first kappa shape index (κ1) is 19.2. The van der Waals surface area contributed by atoms with Crippen molar-refractivity contribution in [2.24, 2.45) is 5.92 Å². The van der Waals surface area contributed by atoms with Crippen LogP contribution in [0.2, 0.25) is 0 Å². The van der Waals surface area contributed by atoms with Crippen LogP contribution in [0.5, 0.6) is 0 Å². The third-order valence-corrected chi connectivity index (χ3v) is 2.37. The average molecular weight is 303 g/mol. The van der Waals surface area contributed by atoms with Crippen LogP contribution in [0.4, 0.5) is 4.79 Å². The van der Waals surface area contributed by atoms with Gasteiger partial charge in [0.2, 0.25) is 0 Å². The third kappa shape index (κ3) is 9.70. The minimum absolute atomic E-state index is 0.00432. The maximum Gasteiger partial charge on any atom is 0.408 e. The molecule has 0 rings (SSSR count). The van der Waals surface area contributed by atoms with E-state index >= 15 is 0 Å². The molecule has 0 aliphatic heterocycles. The van der Waals surface area contributed by atoms with Crippen LogP contribution in [0.15, 0.2) is 0 Å². The maximum absolute atomic E-state index is 11.9. The molecule has 0 aliphatic carbocycles. The van der Waals surface area contributed by atoms with Crippen molar-refractivity contribution >= 4 is 18.0 Å². The van der Waals surface area contributed by atoms with Gasteiger partial charge in [0.1, 0.15) is 11.6 Å². The summed E-state index contributed by atoms with van der Waals surface area (Å²) >= 11 is 0. The number of esters is 1. The number of alkyl carbamates (subject to hydrolysis) is 1. The second-order valence-electron chi connectivity index (χ2n) is 6.03. The Bertz CT molecular complexity index is 372. The van der Waals surface area contributed by atoms with E-state index in [1.807, 2.05) is 0 Å². The van der Waals surface area contributed by atoms with Gasteiger partial charge >= 0.3 is 18.0 Å². The van der Waals surface area contributed by atoms with Gasteiger partial charge in [-0.2, -0.15) is 0 Å². The van der Waals surface area contributed by atoms with Crippen molar-refractivity contribution in [3.8, 4) is 0 Å². The first-order chi connectivity index (χ1) is 9.53. The maximum atomic E-state index is 11.9. The monoisotopic (exact) mass is 303 g/mol. The highest BCUT2D eigenvalue weighted by Gasteiger charge is 2.28. The van der Waals surface area contributed by atoms with Gasteiger partial charge in [0.25, 0.3) is 0 Å². The van der Waals surface area contributed by atoms with E-state index in [-0.39, 0.29) is 25.4 Å². The predicted molar refractivity (Wildman–Crippen MR) is 75.8 cm³/mol. The number of aliphatic carboxylic acids is 1. The highest BCUT2D eigenvalue weighted by Crippen LogP contribution is 2.09. The van der Waals surface area contributed by atoms with Crippen LogP contribution in [0.3, 0.4) is 0 Å². The normalized spacial score (nSPS) is 12.7. The van der Waals surface area contributed by atoms with Crippen LogP contribution in [0, 0.1) is 5.92 Å². The molecule has 0 unspecified atom stereocenters. The van der Waals surface area contributed by atoms with Crippen molar-refractivity contribution in [3.63, 3.8) is 0 Å². The number of carbonyl (C=O) groups is 3. The van der Waals surface area contributed by atoms with Crippen LogP contribution < -0.4 is 5.32 Å². The number of hydrogen-bond acceptors (Lipinski definition) is 5. The molecular weight excluding hydrogens is 278 g/mol.